The van der Waals surface area contributed by atoms with Gasteiger partial charge < -0.3 is 9.47 Å². The molecule has 3 heteroatoms. The van der Waals surface area contributed by atoms with E-state index in [1.54, 1.807) is 6.07 Å². The highest BCUT2D eigenvalue weighted by atomic mass is 16.5. The van der Waals surface area contributed by atoms with Crippen molar-refractivity contribution in [1.29, 1.82) is 0 Å². The minimum absolute atomic E-state index is 0.0618. The van der Waals surface area contributed by atoms with Crippen LogP contribution in [0, 0.1) is 0 Å². The van der Waals surface area contributed by atoms with Crippen molar-refractivity contribution in [3.63, 3.8) is 0 Å². The van der Waals surface area contributed by atoms with Crippen LogP contribution < -0.4 is 9.47 Å². The van der Waals surface area contributed by atoms with Gasteiger partial charge >= 0.3 is 0 Å². The maximum absolute atomic E-state index is 11.1. The SMILES string of the molecule is CC(C)Oc1ccc2c(OC(C)C)cc(C=O)cc2c1. The van der Waals surface area contributed by atoms with Crippen molar-refractivity contribution in [2.45, 2.75) is 39.9 Å². The number of fused-ring (bicyclic) bond motifs is 1. The molecule has 0 N–H and O–H groups in total. The number of rotatable bonds is 5. The van der Waals surface area contributed by atoms with E-state index < -0.39 is 0 Å². The zero-order chi connectivity index (χ0) is 14.7. The predicted molar refractivity (Wildman–Crippen MR) is 80.9 cm³/mol. The second-order valence-electron chi connectivity index (χ2n) is 5.35. The third-order valence-electron chi connectivity index (χ3n) is 2.78. The number of hydrogen-bond donors (Lipinski definition) is 0. The average Bonchev–Trinajstić information content (AvgIpc) is 2.36. The minimum atomic E-state index is 0.0618. The standard InChI is InChI=1S/C17H20O3/c1-11(2)19-15-5-6-16-14(9-15)7-13(10-18)8-17(16)20-12(3)4/h5-12H,1-4H3. The molecule has 20 heavy (non-hydrogen) atoms. The van der Waals surface area contributed by atoms with Crippen LogP contribution in [-0.4, -0.2) is 18.5 Å². The van der Waals surface area contributed by atoms with Crippen molar-refractivity contribution in [2.24, 2.45) is 0 Å². The molecule has 0 heterocycles. The molecule has 106 valence electrons. The second-order valence-corrected chi connectivity index (χ2v) is 5.35. The van der Waals surface area contributed by atoms with Gasteiger partial charge in [0.25, 0.3) is 0 Å². The lowest BCUT2D eigenvalue weighted by atomic mass is 10.1. The van der Waals surface area contributed by atoms with Crippen LogP contribution in [0.4, 0.5) is 0 Å². The van der Waals surface area contributed by atoms with Crippen molar-refractivity contribution in [3.8, 4) is 11.5 Å². The van der Waals surface area contributed by atoms with E-state index in [0.29, 0.717) is 5.56 Å². The topological polar surface area (TPSA) is 35.5 Å². The van der Waals surface area contributed by atoms with Crippen LogP contribution in [0.5, 0.6) is 11.5 Å². The molecule has 2 aromatic carbocycles. The minimum Gasteiger partial charge on any atom is -0.491 e. The molecule has 0 spiro atoms. The number of ether oxygens (including phenoxy) is 2. The maximum Gasteiger partial charge on any atom is 0.150 e. The van der Waals surface area contributed by atoms with Crippen LogP contribution in [0.15, 0.2) is 30.3 Å². The number of benzene rings is 2. The van der Waals surface area contributed by atoms with Gasteiger partial charge in [-0.3, -0.25) is 4.79 Å². The molecule has 0 saturated heterocycles. The predicted octanol–water partition coefficient (Wildman–Crippen LogP) is 4.23. The normalized spacial score (nSPS) is 11.1. The van der Waals surface area contributed by atoms with E-state index in [4.69, 9.17) is 9.47 Å². The van der Waals surface area contributed by atoms with Crippen LogP contribution >= 0.6 is 0 Å². The molecule has 2 rings (SSSR count). The van der Waals surface area contributed by atoms with Crippen LogP contribution in [0.25, 0.3) is 10.8 Å². The number of aldehydes is 1. The van der Waals surface area contributed by atoms with Gasteiger partial charge in [0, 0.05) is 10.9 Å². The Morgan fingerprint density at radius 2 is 1.65 bits per heavy atom. The lowest BCUT2D eigenvalue weighted by Crippen LogP contribution is -2.07. The molecule has 0 aliphatic heterocycles. The van der Waals surface area contributed by atoms with Gasteiger partial charge in [0.2, 0.25) is 0 Å². The van der Waals surface area contributed by atoms with Crippen LogP contribution in [-0.2, 0) is 0 Å². The van der Waals surface area contributed by atoms with Gasteiger partial charge in [-0.2, -0.15) is 0 Å². The zero-order valence-electron chi connectivity index (χ0n) is 12.3. The fourth-order valence-electron chi connectivity index (χ4n) is 2.10. The fraction of sp³-hybridized carbons (Fsp3) is 0.353. The van der Waals surface area contributed by atoms with Gasteiger partial charge in [-0.1, -0.05) is 0 Å². The Kier molecular flexibility index (Phi) is 4.28. The first-order valence-electron chi connectivity index (χ1n) is 6.86. The molecule has 3 nitrogen and oxygen atoms in total. The molecule has 0 aliphatic rings. The lowest BCUT2D eigenvalue weighted by Gasteiger charge is -2.15. The summed E-state index contributed by atoms with van der Waals surface area (Å²) >= 11 is 0. The molecule has 0 aromatic heterocycles. The Labute approximate surface area is 119 Å². The average molecular weight is 272 g/mol. The zero-order valence-corrected chi connectivity index (χ0v) is 12.3. The summed E-state index contributed by atoms with van der Waals surface area (Å²) in [6.45, 7) is 7.91. The van der Waals surface area contributed by atoms with Crippen molar-refractivity contribution < 1.29 is 14.3 Å². The van der Waals surface area contributed by atoms with Crippen LogP contribution in [0.2, 0.25) is 0 Å². The summed E-state index contributed by atoms with van der Waals surface area (Å²) in [5.74, 6) is 1.53. The smallest absolute Gasteiger partial charge is 0.150 e. The summed E-state index contributed by atoms with van der Waals surface area (Å²) in [5.41, 5.74) is 0.606. The van der Waals surface area contributed by atoms with E-state index in [1.807, 2.05) is 52.0 Å². The Balaban J connectivity index is 2.53. The van der Waals surface area contributed by atoms with Crippen molar-refractivity contribution in [2.75, 3.05) is 0 Å². The highest BCUT2D eigenvalue weighted by Crippen LogP contribution is 2.31. The van der Waals surface area contributed by atoms with Gasteiger partial charge in [0.15, 0.2) is 0 Å². The van der Waals surface area contributed by atoms with E-state index in [-0.39, 0.29) is 12.2 Å². The fourth-order valence-corrected chi connectivity index (χ4v) is 2.10. The molecule has 0 atom stereocenters. The first-order chi connectivity index (χ1) is 9.49. The van der Waals surface area contributed by atoms with Crippen LogP contribution in [0.3, 0.4) is 0 Å². The van der Waals surface area contributed by atoms with Gasteiger partial charge in [0.05, 0.1) is 12.2 Å². The summed E-state index contributed by atoms with van der Waals surface area (Å²) < 4.78 is 11.5. The largest absolute Gasteiger partial charge is 0.491 e. The number of carbonyl (C=O) groups is 1. The first-order valence-corrected chi connectivity index (χ1v) is 6.86. The van der Waals surface area contributed by atoms with E-state index in [1.165, 1.54) is 0 Å². The van der Waals surface area contributed by atoms with E-state index in [2.05, 4.69) is 0 Å². The molecule has 0 unspecified atom stereocenters. The van der Waals surface area contributed by atoms with Crippen molar-refractivity contribution in [1.82, 2.24) is 0 Å². The molecule has 2 aromatic rings. The van der Waals surface area contributed by atoms with Crippen LogP contribution in [0.1, 0.15) is 38.1 Å². The lowest BCUT2D eigenvalue weighted by molar-refractivity contribution is 0.112. The Hall–Kier alpha value is -2.03. The summed E-state index contributed by atoms with van der Waals surface area (Å²) in [6.07, 6.45) is 1.02. The van der Waals surface area contributed by atoms with Gasteiger partial charge in [-0.25, -0.2) is 0 Å². The van der Waals surface area contributed by atoms with Gasteiger partial charge in [-0.15, -0.1) is 0 Å². The van der Waals surface area contributed by atoms with Crippen molar-refractivity contribution in [3.05, 3.63) is 35.9 Å². The maximum atomic E-state index is 11.1. The van der Waals surface area contributed by atoms with Gasteiger partial charge in [-0.05, 0) is 63.4 Å². The van der Waals surface area contributed by atoms with E-state index >= 15 is 0 Å². The third kappa shape index (κ3) is 3.29. The Morgan fingerprint density at radius 3 is 2.25 bits per heavy atom. The second kappa shape index (κ2) is 5.95. The Bertz CT molecular complexity index is 615. The highest BCUT2D eigenvalue weighted by Gasteiger charge is 2.09. The molecule has 0 amide bonds. The van der Waals surface area contributed by atoms with E-state index in [0.717, 1.165) is 28.6 Å². The van der Waals surface area contributed by atoms with Crippen molar-refractivity contribution >= 4 is 17.1 Å². The molecule has 0 fully saturated rings. The summed E-state index contributed by atoms with van der Waals surface area (Å²) in [6, 6.07) is 9.46. The molecule has 0 bridgehead atoms. The summed E-state index contributed by atoms with van der Waals surface area (Å²) in [4.78, 5) is 11.1. The summed E-state index contributed by atoms with van der Waals surface area (Å²) in [5, 5.41) is 1.93. The number of carbonyl (C=O) groups excluding carboxylic acids is 1. The number of hydrogen-bond acceptors (Lipinski definition) is 3. The molecule has 0 saturated carbocycles. The third-order valence-corrected chi connectivity index (χ3v) is 2.78. The quantitative estimate of drug-likeness (QED) is 0.764. The van der Waals surface area contributed by atoms with Gasteiger partial charge in [0.1, 0.15) is 17.8 Å². The monoisotopic (exact) mass is 272 g/mol. The van der Waals surface area contributed by atoms with E-state index in [9.17, 15) is 4.79 Å². The highest BCUT2D eigenvalue weighted by molar-refractivity contribution is 5.94. The molecule has 0 aliphatic carbocycles. The summed E-state index contributed by atoms with van der Waals surface area (Å²) in [7, 11) is 0. The molecular formula is C17H20O3. The molecular weight excluding hydrogens is 252 g/mol. The Morgan fingerprint density at radius 1 is 0.950 bits per heavy atom. The molecule has 0 radical (unpaired) electrons. The first kappa shape index (κ1) is 14.4.